The number of halogens is 2. The summed E-state index contributed by atoms with van der Waals surface area (Å²) in [5.41, 5.74) is 0.0828. The molecule has 1 fully saturated rings. The van der Waals surface area contributed by atoms with Crippen LogP contribution in [-0.2, 0) is 14.8 Å². The highest BCUT2D eigenvalue weighted by Gasteiger charge is 2.33. The number of hydrogen-bond donors (Lipinski definition) is 1. The van der Waals surface area contributed by atoms with E-state index in [9.17, 15) is 22.0 Å². The molecule has 1 unspecified atom stereocenters. The molecule has 0 spiro atoms. The van der Waals surface area contributed by atoms with Crippen molar-refractivity contribution in [3.8, 4) is 0 Å². The molecule has 0 bridgehead atoms. The van der Waals surface area contributed by atoms with Gasteiger partial charge in [-0.25, -0.2) is 22.3 Å². The molecule has 1 atom stereocenters. The normalized spacial score (nSPS) is 20.1. The summed E-state index contributed by atoms with van der Waals surface area (Å²) in [6.07, 6.45) is -0.00539. The van der Waals surface area contributed by atoms with E-state index in [2.05, 4.69) is 0 Å². The first-order valence-electron chi connectivity index (χ1n) is 5.51. The molecule has 1 saturated heterocycles. The first-order chi connectivity index (χ1) is 8.74. The summed E-state index contributed by atoms with van der Waals surface area (Å²) in [5, 5.41) is 4.92. The summed E-state index contributed by atoms with van der Waals surface area (Å²) in [5.74, 6) is -2.75. The number of hydrogen-bond acceptors (Lipinski definition) is 3. The first-order valence-corrected chi connectivity index (χ1v) is 7.23. The summed E-state index contributed by atoms with van der Waals surface area (Å²) < 4.78 is 48.1. The van der Waals surface area contributed by atoms with E-state index in [1.54, 1.807) is 0 Å². The zero-order valence-corrected chi connectivity index (χ0v) is 10.7. The van der Waals surface area contributed by atoms with E-state index >= 15 is 0 Å². The predicted molar refractivity (Wildman–Crippen MR) is 64.8 cm³/mol. The van der Waals surface area contributed by atoms with Gasteiger partial charge in [0.15, 0.2) is 0 Å². The smallest absolute Gasteiger partial charge is 0.227 e. The van der Waals surface area contributed by atoms with E-state index in [0.29, 0.717) is 6.07 Å². The predicted octanol–water partition coefficient (Wildman–Crippen LogP) is 0.606. The molecule has 8 heteroatoms. The van der Waals surface area contributed by atoms with Crippen molar-refractivity contribution < 1.29 is 22.0 Å². The van der Waals surface area contributed by atoms with Crippen LogP contribution in [0.15, 0.2) is 18.2 Å². The van der Waals surface area contributed by atoms with Crippen LogP contribution >= 0.6 is 0 Å². The Kier molecular flexibility index (Phi) is 3.55. The summed E-state index contributed by atoms with van der Waals surface area (Å²) >= 11 is 0. The van der Waals surface area contributed by atoms with Gasteiger partial charge in [-0.2, -0.15) is 0 Å². The van der Waals surface area contributed by atoms with Crippen LogP contribution in [0.3, 0.4) is 0 Å². The fourth-order valence-corrected chi connectivity index (χ4v) is 3.05. The fraction of sp³-hybridized carbons (Fsp3) is 0.364. The lowest BCUT2D eigenvalue weighted by molar-refractivity contribution is -0.117. The third-order valence-corrected chi connectivity index (χ3v) is 3.77. The van der Waals surface area contributed by atoms with Crippen LogP contribution in [0.25, 0.3) is 0 Å². The van der Waals surface area contributed by atoms with Crippen LogP contribution in [0.4, 0.5) is 14.5 Å². The Hall–Kier alpha value is -1.54. The molecule has 1 aromatic carbocycles. The van der Waals surface area contributed by atoms with Crippen LogP contribution in [0.1, 0.15) is 6.42 Å². The van der Waals surface area contributed by atoms with Gasteiger partial charge in [-0.15, -0.1) is 0 Å². The van der Waals surface area contributed by atoms with Crippen molar-refractivity contribution >= 4 is 21.6 Å². The van der Waals surface area contributed by atoms with Crippen molar-refractivity contribution in [1.29, 1.82) is 0 Å². The third kappa shape index (κ3) is 3.48. The van der Waals surface area contributed by atoms with E-state index in [1.165, 1.54) is 4.90 Å². The highest BCUT2D eigenvalue weighted by molar-refractivity contribution is 7.89. The van der Waals surface area contributed by atoms with Gasteiger partial charge in [0.1, 0.15) is 11.6 Å². The number of amides is 1. The van der Waals surface area contributed by atoms with Gasteiger partial charge in [-0.3, -0.25) is 4.79 Å². The lowest BCUT2D eigenvalue weighted by atomic mass is 10.1. The Morgan fingerprint density at radius 2 is 1.84 bits per heavy atom. The highest BCUT2D eigenvalue weighted by Crippen LogP contribution is 2.26. The molecule has 1 heterocycles. The molecule has 1 amide bonds. The van der Waals surface area contributed by atoms with Gasteiger partial charge >= 0.3 is 0 Å². The molecular formula is C11H12F2N2O3S. The molecule has 19 heavy (non-hydrogen) atoms. The van der Waals surface area contributed by atoms with Crippen molar-refractivity contribution in [2.75, 3.05) is 17.2 Å². The Morgan fingerprint density at radius 1 is 1.26 bits per heavy atom. The molecule has 2 rings (SSSR count). The van der Waals surface area contributed by atoms with Crippen molar-refractivity contribution in [3.63, 3.8) is 0 Å². The molecule has 0 saturated carbocycles. The molecule has 2 N–H and O–H groups in total. The molecular weight excluding hydrogens is 278 g/mol. The van der Waals surface area contributed by atoms with Gasteiger partial charge in [-0.1, -0.05) is 0 Å². The second kappa shape index (κ2) is 4.86. The van der Waals surface area contributed by atoms with E-state index in [1.807, 2.05) is 0 Å². The maximum atomic E-state index is 13.1. The van der Waals surface area contributed by atoms with E-state index < -0.39 is 27.6 Å². The zero-order chi connectivity index (χ0) is 14.2. The molecule has 0 radical (unpaired) electrons. The minimum absolute atomic E-state index is 0.00539. The van der Waals surface area contributed by atoms with Gasteiger partial charge in [0.2, 0.25) is 15.9 Å². The number of anilines is 1. The van der Waals surface area contributed by atoms with E-state index in [0.717, 1.165) is 12.1 Å². The van der Waals surface area contributed by atoms with Gasteiger partial charge in [0, 0.05) is 30.6 Å². The Balaban J connectivity index is 2.20. The van der Waals surface area contributed by atoms with Gasteiger partial charge in [-0.05, 0) is 12.1 Å². The maximum absolute atomic E-state index is 13.1. The quantitative estimate of drug-likeness (QED) is 0.885. The number of carbonyl (C=O) groups excluding carboxylic acids is 1. The summed E-state index contributed by atoms with van der Waals surface area (Å²) in [4.78, 5) is 12.9. The molecule has 1 aliphatic heterocycles. The maximum Gasteiger partial charge on any atom is 0.227 e. The Bertz CT molecular complexity index is 598. The fourth-order valence-electron chi connectivity index (χ4n) is 2.17. The average molecular weight is 290 g/mol. The summed E-state index contributed by atoms with van der Waals surface area (Å²) in [6, 6.07) is 2.76. The standard InChI is InChI=1S/C11H12F2N2O3S/c12-8-2-9(13)4-10(3-8)15-5-7(1-11(15)16)6-19(14,17)18/h2-4,7H,1,5-6H2,(H2,14,17,18). The van der Waals surface area contributed by atoms with Crippen LogP contribution in [0, 0.1) is 17.6 Å². The van der Waals surface area contributed by atoms with Crippen molar-refractivity contribution in [1.82, 2.24) is 0 Å². The number of benzene rings is 1. The van der Waals surface area contributed by atoms with Gasteiger partial charge < -0.3 is 4.90 Å². The molecule has 1 aliphatic rings. The third-order valence-electron chi connectivity index (χ3n) is 2.83. The number of primary sulfonamides is 1. The summed E-state index contributed by atoms with van der Waals surface area (Å²) in [7, 11) is -3.68. The van der Waals surface area contributed by atoms with Crippen molar-refractivity contribution in [2.24, 2.45) is 11.1 Å². The van der Waals surface area contributed by atoms with Gasteiger partial charge in [0.25, 0.3) is 0 Å². The lowest BCUT2D eigenvalue weighted by Crippen LogP contribution is -2.27. The number of carbonyl (C=O) groups is 1. The molecule has 104 valence electrons. The van der Waals surface area contributed by atoms with E-state index in [4.69, 9.17) is 5.14 Å². The second-order valence-electron chi connectivity index (χ2n) is 4.53. The largest absolute Gasteiger partial charge is 0.312 e. The zero-order valence-electron chi connectivity index (χ0n) is 9.84. The number of rotatable bonds is 3. The Labute approximate surface area is 109 Å². The second-order valence-corrected chi connectivity index (χ2v) is 6.19. The average Bonchev–Trinajstić information content (AvgIpc) is 2.54. The van der Waals surface area contributed by atoms with Crippen molar-refractivity contribution in [3.05, 3.63) is 29.8 Å². The van der Waals surface area contributed by atoms with Crippen LogP contribution in [0.2, 0.25) is 0 Å². The molecule has 0 aliphatic carbocycles. The van der Waals surface area contributed by atoms with Crippen LogP contribution in [-0.4, -0.2) is 26.6 Å². The molecule has 1 aromatic rings. The minimum Gasteiger partial charge on any atom is -0.312 e. The van der Waals surface area contributed by atoms with Crippen LogP contribution in [0.5, 0.6) is 0 Å². The topological polar surface area (TPSA) is 80.5 Å². The SMILES string of the molecule is NS(=O)(=O)CC1CC(=O)N(c2cc(F)cc(F)c2)C1. The number of nitrogens with two attached hydrogens (primary N) is 1. The number of nitrogens with zero attached hydrogens (tertiary/aromatic N) is 1. The van der Waals surface area contributed by atoms with E-state index in [-0.39, 0.29) is 30.3 Å². The highest BCUT2D eigenvalue weighted by atomic mass is 32.2. The van der Waals surface area contributed by atoms with Crippen LogP contribution < -0.4 is 10.0 Å². The lowest BCUT2D eigenvalue weighted by Gasteiger charge is -2.16. The Morgan fingerprint density at radius 3 is 2.37 bits per heavy atom. The minimum atomic E-state index is -3.68. The van der Waals surface area contributed by atoms with Gasteiger partial charge in [0.05, 0.1) is 5.75 Å². The molecule has 5 nitrogen and oxygen atoms in total. The monoisotopic (exact) mass is 290 g/mol. The molecule has 0 aromatic heterocycles. The summed E-state index contributed by atoms with van der Waals surface area (Å²) in [6.45, 7) is 0.0815. The van der Waals surface area contributed by atoms with Crippen molar-refractivity contribution in [2.45, 2.75) is 6.42 Å². The number of sulfonamides is 1. The first kappa shape index (κ1) is 13.9.